The van der Waals surface area contributed by atoms with Crippen LogP contribution >= 0.6 is 24.0 Å². The normalized spacial score (nSPS) is 11.3. The number of amides is 1. The molecular weight excluding hydrogens is 275 g/mol. The molecule has 3 N–H and O–H groups in total. The van der Waals surface area contributed by atoms with E-state index in [1.807, 2.05) is 6.92 Å². The average molecular weight is 293 g/mol. The molecule has 0 saturated heterocycles. The van der Waals surface area contributed by atoms with Crippen LogP contribution in [0.3, 0.4) is 0 Å². The van der Waals surface area contributed by atoms with Crippen molar-refractivity contribution in [3.05, 3.63) is 23.2 Å². The second-order valence-corrected chi connectivity index (χ2v) is 4.20. The van der Waals surface area contributed by atoms with Crippen molar-refractivity contribution in [3.8, 4) is 5.75 Å². The van der Waals surface area contributed by atoms with Gasteiger partial charge in [0.15, 0.2) is 0 Å². The van der Waals surface area contributed by atoms with Gasteiger partial charge in [0.1, 0.15) is 5.75 Å². The van der Waals surface area contributed by atoms with Gasteiger partial charge in [-0.05, 0) is 31.5 Å². The Bertz CT molecular complexity index is 398. The maximum Gasteiger partial charge on any atom is 0.241 e. The highest BCUT2D eigenvalue weighted by Crippen LogP contribution is 2.28. The van der Waals surface area contributed by atoms with E-state index in [4.69, 9.17) is 22.1 Å². The summed E-state index contributed by atoms with van der Waals surface area (Å²) in [5.74, 6) is 0.332. The van der Waals surface area contributed by atoms with E-state index in [-0.39, 0.29) is 18.3 Å². The Hall–Kier alpha value is -0.970. The number of anilines is 1. The van der Waals surface area contributed by atoms with Gasteiger partial charge in [-0.1, -0.05) is 18.5 Å². The first kappa shape index (κ1) is 17.0. The molecule has 0 spiro atoms. The summed E-state index contributed by atoms with van der Waals surface area (Å²) < 4.78 is 5.51. The van der Waals surface area contributed by atoms with Crippen LogP contribution in [-0.2, 0) is 4.79 Å². The molecule has 0 aliphatic carbocycles. The fraction of sp³-hybridized carbons (Fsp3) is 0.417. The monoisotopic (exact) mass is 292 g/mol. The molecule has 0 fully saturated rings. The summed E-state index contributed by atoms with van der Waals surface area (Å²) in [6.45, 7) is 4.21. The summed E-state index contributed by atoms with van der Waals surface area (Å²) in [5.41, 5.74) is 6.04. The fourth-order valence-corrected chi connectivity index (χ4v) is 1.36. The smallest absolute Gasteiger partial charge is 0.241 e. The van der Waals surface area contributed by atoms with Crippen molar-refractivity contribution in [2.75, 3.05) is 11.9 Å². The minimum Gasteiger partial charge on any atom is -0.491 e. The maximum absolute atomic E-state index is 11.5. The molecule has 0 aromatic heterocycles. The number of carbonyl (C=O) groups excluding carboxylic acids is 1. The molecular formula is C12H18Cl2N2O2. The molecule has 1 aromatic carbocycles. The van der Waals surface area contributed by atoms with E-state index in [1.165, 1.54) is 0 Å². The number of carbonyl (C=O) groups is 1. The van der Waals surface area contributed by atoms with Crippen LogP contribution in [0.1, 0.15) is 20.3 Å². The van der Waals surface area contributed by atoms with Crippen LogP contribution in [0.4, 0.5) is 5.69 Å². The quantitative estimate of drug-likeness (QED) is 0.877. The average Bonchev–Trinajstić information content (AvgIpc) is 2.28. The van der Waals surface area contributed by atoms with Gasteiger partial charge in [0.05, 0.1) is 18.3 Å². The molecule has 1 amide bonds. The summed E-state index contributed by atoms with van der Waals surface area (Å²) in [4.78, 5) is 11.5. The minimum absolute atomic E-state index is 0. The Morgan fingerprint density at radius 2 is 2.22 bits per heavy atom. The first-order chi connectivity index (χ1) is 8.04. The Morgan fingerprint density at radius 1 is 1.56 bits per heavy atom. The molecule has 4 nitrogen and oxygen atoms in total. The van der Waals surface area contributed by atoms with Crippen molar-refractivity contribution in [2.45, 2.75) is 26.3 Å². The summed E-state index contributed by atoms with van der Waals surface area (Å²) in [6, 6.07) is 4.52. The number of benzene rings is 1. The molecule has 0 saturated carbocycles. The van der Waals surface area contributed by atoms with Gasteiger partial charge in [-0.3, -0.25) is 4.79 Å². The summed E-state index contributed by atoms with van der Waals surface area (Å²) in [6.07, 6.45) is 0.892. The zero-order valence-electron chi connectivity index (χ0n) is 10.4. The van der Waals surface area contributed by atoms with Gasteiger partial charge >= 0.3 is 0 Å². The van der Waals surface area contributed by atoms with Gasteiger partial charge in [0.25, 0.3) is 0 Å². The standard InChI is InChI=1S/C12H17ClN2O2.ClH/c1-3-6-17-11-5-4-9(13)7-10(11)15-12(16)8(2)14;/h4-5,7-8H,3,6,14H2,1-2H3,(H,15,16);1H. The predicted molar refractivity (Wildman–Crippen MR) is 76.8 cm³/mol. The van der Waals surface area contributed by atoms with E-state index in [1.54, 1.807) is 25.1 Å². The van der Waals surface area contributed by atoms with Crippen molar-refractivity contribution >= 4 is 35.6 Å². The molecule has 1 aromatic rings. The van der Waals surface area contributed by atoms with Crippen molar-refractivity contribution in [1.82, 2.24) is 0 Å². The highest BCUT2D eigenvalue weighted by atomic mass is 35.5. The number of ether oxygens (including phenoxy) is 1. The molecule has 1 rings (SSSR count). The maximum atomic E-state index is 11.5. The van der Waals surface area contributed by atoms with E-state index in [0.717, 1.165) is 6.42 Å². The topological polar surface area (TPSA) is 64.3 Å². The Balaban J connectivity index is 0.00000289. The molecule has 102 valence electrons. The van der Waals surface area contributed by atoms with Gasteiger partial charge in [-0.2, -0.15) is 0 Å². The van der Waals surface area contributed by atoms with E-state index in [0.29, 0.717) is 23.1 Å². The molecule has 0 aliphatic rings. The molecule has 0 aliphatic heterocycles. The predicted octanol–water partition coefficient (Wildman–Crippen LogP) is 2.84. The number of halogens is 2. The third-order valence-corrected chi connectivity index (χ3v) is 2.31. The van der Waals surface area contributed by atoms with E-state index in [2.05, 4.69) is 5.32 Å². The van der Waals surface area contributed by atoms with Gasteiger partial charge in [-0.25, -0.2) is 0 Å². The molecule has 0 bridgehead atoms. The molecule has 1 unspecified atom stereocenters. The number of nitrogens with two attached hydrogens (primary N) is 1. The molecule has 1 atom stereocenters. The van der Waals surface area contributed by atoms with Gasteiger partial charge in [-0.15, -0.1) is 12.4 Å². The number of hydrogen-bond donors (Lipinski definition) is 2. The molecule has 6 heteroatoms. The van der Waals surface area contributed by atoms with Crippen LogP contribution in [0.5, 0.6) is 5.75 Å². The van der Waals surface area contributed by atoms with Gasteiger partial charge < -0.3 is 15.8 Å². The van der Waals surface area contributed by atoms with Gasteiger partial charge in [0, 0.05) is 5.02 Å². The zero-order valence-corrected chi connectivity index (χ0v) is 12.0. The van der Waals surface area contributed by atoms with Crippen molar-refractivity contribution < 1.29 is 9.53 Å². The molecule has 0 radical (unpaired) electrons. The fourth-order valence-electron chi connectivity index (χ4n) is 1.18. The van der Waals surface area contributed by atoms with E-state index >= 15 is 0 Å². The second-order valence-electron chi connectivity index (χ2n) is 3.77. The Morgan fingerprint density at radius 3 is 2.78 bits per heavy atom. The molecule has 0 heterocycles. The third kappa shape index (κ3) is 5.12. The minimum atomic E-state index is -0.576. The van der Waals surface area contributed by atoms with Crippen molar-refractivity contribution in [3.63, 3.8) is 0 Å². The highest BCUT2D eigenvalue weighted by molar-refractivity contribution is 6.31. The Kier molecular flexibility index (Phi) is 7.75. The van der Waals surface area contributed by atoms with Crippen LogP contribution in [-0.4, -0.2) is 18.6 Å². The van der Waals surface area contributed by atoms with Gasteiger partial charge in [0.2, 0.25) is 5.91 Å². The summed E-state index contributed by atoms with van der Waals surface area (Å²) in [5, 5.41) is 3.22. The van der Waals surface area contributed by atoms with Crippen molar-refractivity contribution in [2.24, 2.45) is 5.73 Å². The SMILES string of the molecule is CCCOc1ccc(Cl)cc1NC(=O)C(C)N.Cl. The van der Waals surface area contributed by atoms with Crippen LogP contribution in [0, 0.1) is 0 Å². The molecule has 18 heavy (non-hydrogen) atoms. The number of nitrogens with one attached hydrogen (secondary N) is 1. The van der Waals surface area contributed by atoms with Crippen LogP contribution in [0.2, 0.25) is 5.02 Å². The lowest BCUT2D eigenvalue weighted by atomic mass is 10.2. The van der Waals surface area contributed by atoms with E-state index < -0.39 is 6.04 Å². The lowest BCUT2D eigenvalue weighted by Crippen LogP contribution is -2.32. The second kappa shape index (κ2) is 8.19. The van der Waals surface area contributed by atoms with E-state index in [9.17, 15) is 4.79 Å². The number of rotatable bonds is 5. The number of hydrogen-bond acceptors (Lipinski definition) is 3. The first-order valence-electron chi connectivity index (χ1n) is 5.53. The Labute approximate surface area is 118 Å². The van der Waals surface area contributed by atoms with Crippen LogP contribution < -0.4 is 15.8 Å². The largest absolute Gasteiger partial charge is 0.491 e. The highest BCUT2D eigenvalue weighted by Gasteiger charge is 2.11. The van der Waals surface area contributed by atoms with Crippen LogP contribution in [0.25, 0.3) is 0 Å². The van der Waals surface area contributed by atoms with Crippen LogP contribution in [0.15, 0.2) is 18.2 Å². The zero-order chi connectivity index (χ0) is 12.8. The third-order valence-electron chi connectivity index (χ3n) is 2.07. The van der Waals surface area contributed by atoms with Crippen molar-refractivity contribution in [1.29, 1.82) is 0 Å². The first-order valence-corrected chi connectivity index (χ1v) is 5.91. The summed E-state index contributed by atoms with van der Waals surface area (Å²) >= 11 is 5.88. The lowest BCUT2D eigenvalue weighted by Gasteiger charge is -2.13. The summed E-state index contributed by atoms with van der Waals surface area (Å²) in [7, 11) is 0. The lowest BCUT2D eigenvalue weighted by molar-refractivity contribution is -0.117.